The van der Waals surface area contributed by atoms with Gasteiger partial charge in [-0.1, -0.05) is 0 Å². The van der Waals surface area contributed by atoms with Crippen LogP contribution < -0.4 is 0 Å². The van der Waals surface area contributed by atoms with Crippen molar-refractivity contribution in [2.24, 2.45) is 0 Å². The van der Waals surface area contributed by atoms with E-state index in [4.69, 9.17) is 0 Å². The molecule has 0 bridgehead atoms. The number of hydrogen-bond acceptors (Lipinski definition) is 4. The molecule has 0 amide bonds. The van der Waals surface area contributed by atoms with Crippen LogP contribution in [0.5, 0.6) is 0 Å². The van der Waals surface area contributed by atoms with Gasteiger partial charge in [-0.05, 0) is 44.8 Å². The van der Waals surface area contributed by atoms with Crippen LogP contribution in [0.1, 0.15) is 24.3 Å². The molecule has 0 radical (unpaired) electrons. The number of nitrogens with zero attached hydrogens (tertiary/aromatic N) is 1. The third-order valence-corrected chi connectivity index (χ3v) is 6.18. The molecule has 0 aliphatic carbocycles. The predicted molar refractivity (Wildman–Crippen MR) is 74.3 cm³/mol. The number of sulfone groups is 1. The Balaban J connectivity index is 2.68. The van der Waals surface area contributed by atoms with E-state index in [2.05, 4.69) is 23.3 Å². The van der Waals surface area contributed by atoms with E-state index < -0.39 is 14.6 Å². The van der Waals surface area contributed by atoms with E-state index in [0.717, 1.165) is 6.54 Å². The van der Waals surface area contributed by atoms with Gasteiger partial charge in [0.25, 0.3) is 0 Å². The van der Waals surface area contributed by atoms with Crippen LogP contribution in [0, 0.1) is 6.92 Å². The zero-order valence-electron chi connectivity index (χ0n) is 11.1. The molecule has 0 fully saturated rings. The monoisotopic (exact) mass is 275 g/mol. The van der Waals surface area contributed by atoms with Crippen LogP contribution in [-0.4, -0.2) is 37.9 Å². The van der Waals surface area contributed by atoms with Gasteiger partial charge in [0.15, 0.2) is 9.84 Å². The molecule has 0 unspecified atom stereocenters. The molecule has 3 nitrogen and oxygen atoms in total. The summed E-state index contributed by atoms with van der Waals surface area (Å²) in [5.41, 5.74) is 1.28. The lowest BCUT2D eigenvalue weighted by Crippen LogP contribution is -2.42. The van der Waals surface area contributed by atoms with E-state index in [-0.39, 0.29) is 0 Å². The highest BCUT2D eigenvalue weighted by Crippen LogP contribution is 2.21. The minimum atomic E-state index is -3.02. The van der Waals surface area contributed by atoms with Gasteiger partial charge in [0.05, 0.1) is 4.75 Å². The summed E-state index contributed by atoms with van der Waals surface area (Å²) in [6.45, 7) is 6.99. The van der Waals surface area contributed by atoms with Gasteiger partial charge >= 0.3 is 0 Å². The summed E-state index contributed by atoms with van der Waals surface area (Å²) >= 11 is 1.72. The molecule has 1 rings (SSSR count). The van der Waals surface area contributed by atoms with Crippen molar-refractivity contribution in [3.8, 4) is 0 Å². The smallest absolute Gasteiger partial charge is 0.153 e. The van der Waals surface area contributed by atoms with E-state index in [1.54, 1.807) is 25.2 Å². The summed E-state index contributed by atoms with van der Waals surface area (Å²) in [6.07, 6.45) is 1.30. The fourth-order valence-electron chi connectivity index (χ4n) is 1.63. The third kappa shape index (κ3) is 3.79. The van der Waals surface area contributed by atoms with E-state index >= 15 is 0 Å². The molecular weight excluding hydrogens is 254 g/mol. The van der Waals surface area contributed by atoms with Gasteiger partial charge in [0.2, 0.25) is 0 Å². The minimum absolute atomic E-state index is 0.545. The largest absolute Gasteiger partial charge is 0.300 e. The Bertz CT molecular complexity index is 474. The summed E-state index contributed by atoms with van der Waals surface area (Å²) in [4.78, 5) is 3.37. The summed E-state index contributed by atoms with van der Waals surface area (Å²) in [5, 5.41) is 2.07. The second-order valence-electron chi connectivity index (χ2n) is 5.23. The number of hydrogen-bond donors (Lipinski definition) is 0. The predicted octanol–water partition coefficient (Wildman–Crippen LogP) is 2.31. The van der Waals surface area contributed by atoms with E-state index in [1.165, 1.54) is 16.7 Å². The molecule has 0 aliphatic rings. The molecule has 0 atom stereocenters. The zero-order valence-corrected chi connectivity index (χ0v) is 12.8. The Kier molecular flexibility index (Phi) is 4.38. The molecule has 5 heteroatoms. The molecule has 1 heterocycles. The van der Waals surface area contributed by atoms with Gasteiger partial charge in [0, 0.05) is 24.2 Å². The fraction of sp³-hybridized carbons (Fsp3) is 0.667. The first-order valence-corrected chi connectivity index (χ1v) is 8.32. The van der Waals surface area contributed by atoms with Crippen molar-refractivity contribution < 1.29 is 8.42 Å². The Labute approximate surface area is 108 Å². The first-order chi connectivity index (χ1) is 7.63. The van der Waals surface area contributed by atoms with E-state index in [1.807, 2.05) is 7.05 Å². The molecular formula is C12H21NO2S2. The molecule has 0 spiro atoms. The van der Waals surface area contributed by atoms with Crippen LogP contribution in [0.15, 0.2) is 11.4 Å². The number of thiophene rings is 1. The Morgan fingerprint density at radius 3 is 2.41 bits per heavy atom. The normalized spacial score (nSPS) is 13.3. The lowest BCUT2D eigenvalue weighted by atomic mass is 10.2. The van der Waals surface area contributed by atoms with Crippen molar-refractivity contribution in [1.82, 2.24) is 4.90 Å². The lowest BCUT2D eigenvalue weighted by molar-refractivity contribution is 0.298. The van der Waals surface area contributed by atoms with E-state index in [0.29, 0.717) is 6.54 Å². The number of aryl methyl sites for hydroxylation is 1. The van der Waals surface area contributed by atoms with Gasteiger partial charge in [0.1, 0.15) is 0 Å². The summed E-state index contributed by atoms with van der Waals surface area (Å²) in [6, 6.07) is 2.09. The lowest BCUT2D eigenvalue weighted by Gasteiger charge is -2.28. The van der Waals surface area contributed by atoms with Crippen molar-refractivity contribution >= 4 is 21.2 Å². The Morgan fingerprint density at radius 2 is 2.00 bits per heavy atom. The van der Waals surface area contributed by atoms with Gasteiger partial charge in [-0.25, -0.2) is 8.42 Å². The second-order valence-corrected chi connectivity index (χ2v) is 8.88. The molecule has 0 aliphatic heterocycles. The molecule has 98 valence electrons. The summed E-state index contributed by atoms with van der Waals surface area (Å²) < 4.78 is 22.6. The molecule has 1 aromatic rings. The molecule has 0 saturated carbocycles. The van der Waals surface area contributed by atoms with Gasteiger partial charge in [-0.3, -0.25) is 4.90 Å². The molecule has 17 heavy (non-hydrogen) atoms. The van der Waals surface area contributed by atoms with Crippen LogP contribution in [0.25, 0.3) is 0 Å². The maximum Gasteiger partial charge on any atom is 0.153 e. The fourth-order valence-corrected chi connectivity index (χ4v) is 3.07. The van der Waals surface area contributed by atoms with Crippen LogP contribution in [0.4, 0.5) is 0 Å². The molecule has 0 N–H and O–H groups in total. The van der Waals surface area contributed by atoms with Crippen molar-refractivity contribution in [2.75, 3.05) is 19.8 Å². The van der Waals surface area contributed by atoms with Gasteiger partial charge in [-0.2, -0.15) is 0 Å². The standard InChI is InChI=1S/C12H21NO2S2/c1-10-6-7-16-11(10)8-13(4)9-12(2,3)17(5,14)15/h6-7H,8-9H2,1-5H3. The quantitative estimate of drug-likeness (QED) is 0.827. The van der Waals surface area contributed by atoms with E-state index in [9.17, 15) is 8.42 Å². The maximum atomic E-state index is 11.6. The third-order valence-electron chi connectivity index (χ3n) is 3.04. The average molecular weight is 275 g/mol. The highest BCUT2D eigenvalue weighted by Gasteiger charge is 2.31. The van der Waals surface area contributed by atoms with Crippen LogP contribution in [0.3, 0.4) is 0 Å². The van der Waals surface area contributed by atoms with Gasteiger partial charge < -0.3 is 0 Å². The topological polar surface area (TPSA) is 37.4 Å². The second kappa shape index (κ2) is 5.08. The molecule has 0 saturated heterocycles. The highest BCUT2D eigenvalue weighted by molar-refractivity contribution is 7.92. The summed E-state index contributed by atoms with van der Waals surface area (Å²) in [7, 11) is -1.06. The highest BCUT2D eigenvalue weighted by atomic mass is 32.2. The van der Waals surface area contributed by atoms with Crippen molar-refractivity contribution in [1.29, 1.82) is 0 Å². The summed E-state index contributed by atoms with van der Waals surface area (Å²) in [5.74, 6) is 0. The minimum Gasteiger partial charge on any atom is -0.300 e. The maximum absolute atomic E-state index is 11.6. The molecule has 0 aromatic carbocycles. The van der Waals surface area contributed by atoms with Crippen LogP contribution in [0.2, 0.25) is 0 Å². The molecule has 1 aromatic heterocycles. The first kappa shape index (κ1) is 14.7. The average Bonchev–Trinajstić information content (AvgIpc) is 2.48. The van der Waals surface area contributed by atoms with Gasteiger partial charge in [-0.15, -0.1) is 11.3 Å². The van der Waals surface area contributed by atoms with Crippen molar-refractivity contribution in [3.63, 3.8) is 0 Å². The number of rotatable bonds is 5. The van der Waals surface area contributed by atoms with Crippen molar-refractivity contribution in [3.05, 3.63) is 21.9 Å². The first-order valence-electron chi connectivity index (χ1n) is 5.54. The SMILES string of the molecule is Cc1ccsc1CN(C)CC(C)(C)S(C)(=O)=O. The van der Waals surface area contributed by atoms with Crippen LogP contribution in [-0.2, 0) is 16.4 Å². The van der Waals surface area contributed by atoms with Crippen molar-refractivity contribution in [2.45, 2.75) is 32.1 Å². The van der Waals surface area contributed by atoms with Crippen LogP contribution >= 0.6 is 11.3 Å². The zero-order chi connectivity index (χ0) is 13.3. The Morgan fingerprint density at radius 1 is 1.41 bits per heavy atom. The Hall–Kier alpha value is -0.390.